The number of allylic oxidation sites excluding steroid dienone is 3. The Bertz CT molecular complexity index is 1100. The van der Waals surface area contributed by atoms with Crippen molar-refractivity contribution in [2.75, 3.05) is 45.7 Å². The van der Waals surface area contributed by atoms with Gasteiger partial charge < -0.3 is 28.9 Å². The molecular formula is C25H29N5O4. The Kier molecular flexibility index (Phi) is 7.18. The normalized spacial score (nSPS) is 19.7. The minimum absolute atomic E-state index is 0.0568. The van der Waals surface area contributed by atoms with E-state index in [1.807, 2.05) is 41.1 Å². The molecule has 3 heterocycles. The number of hydrogen-bond donors (Lipinski definition) is 0. The fraction of sp³-hybridized carbons (Fsp3) is 0.400. The number of likely N-dealkylation sites (N-methyl/N-ethyl adjacent to an activating group) is 1. The van der Waals surface area contributed by atoms with Gasteiger partial charge in [0.25, 0.3) is 0 Å². The van der Waals surface area contributed by atoms with Gasteiger partial charge in [-0.25, -0.2) is 4.98 Å². The molecule has 9 nitrogen and oxygen atoms in total. The molecule has 1 amide bonds. The van der Waals surface area contributed by atoms with Crippen LogP contribution in [0.3, 0.4) is 0 Å². The molecule has 1 fully saturated rings. The molecule has 0 unspecified atom stereocenters. The van der Waals surface area contributed by atoms with E-state index in [2.05, 4.69) is 17.1 Å². The number of pyridine rings is 1. The third kappa shape index (κ3) is 5.24. The third-order valence-electron chi connectivity index (χ3n) is 5.79. The van der Waals surface area contributed by atoms with E-state index in [9.17, 15) is 10.1 Å². The lowest BCUT2D eigenvalue weighted by molar-refractivity contribution is -0.131. The van der Waals surface area contributed by atoms with Crippen LogP contribution in [0.2, 0.25) is 0 Å². The average molecular weight is 464 g/mol. The molecule has 0 saturated carbocycles. The summed E-state index contributed by atoms with van der Waals surface area (Å²) in [6, 6.07) is 3.83. The number of nitriles is 1. The molecule has 34 heavy (non-hydrogen) atoms. The molecule has 1 aromatic heterocycles. The van der Waals surface area contributed by atoms with Gasteiger partial charge in [0.05, 0.1) is 38.3 Å². The number of methoxy groups -OCH3 is 1. The van der Waals surface area contributed by atoms with Crippen LogP contribution in [0.1, 0.15) is 24.8 Å². The van der Waals surface area contributed by atoms with E-state index in [0.717, 1.165) is 36.3 Å². The first kappa shape index (κ1) is 23.4. The maximum absolute atomic E-state index is 12.4. The standard InChI is InChI=1S/C25H29N5O4/c1-28(2)17-24(31)30-9-8-20(15-30)34-22-7-5-4-6-21(22)23-16-29(10-11-33-23)19-12-18(13-26)25(32-3)27-14-19/h5,7,10-12,14,16,20H,4,6,8-9,15,17H2,1-3H3/t20-/m0/s1. The van der Waals surface area contributed by atoms with E-state index in [4.69, 9.17) is 14.2 Å². The molecule has 0 radical (unpaired) electrons. The smallest absolute Gasteiger partial charge is 0.236 e. The fourth-order valence-electron chi connectivity index (χ4n) is 4.10. The SMILES string of the molecule is COc1ncc(N2C=COC(C3=C(O[C@H]4CCN(C(=O)CN(C)C)C4)C=CCC3)=C2)cc1C#N. The number of nitrogens with zero attached hydrogens (tertiary/aromatic N) is 5. The number of carbonyl (C=O) groups is 1. The van der Waals surface area contributed by atoms with Crippen LogP contribution < -0.4 is 9.64 Å². The Balaban J connectivity index is 1.52. The summed E-state index contributed by atoms with van der Waals surface area (Å²) in [4.78, 5) is 22.2. The summed E-state index contributed by atoms with van der Waals surface area (Å²) >= 11 is 0. The zero-order valence-electron chi connectivity index (χ0n) is 19.7. The molecule has 2 aliphatic heterocycles. The van der Waals surface area contributed by atoms with Crippen molar-refractivity contribution < 1.29 is 19.0 Å². The Hall–Kier alpha value is -3.77. The van der Waals surface area contributed by atoms with Gasteiger partial charge in [0.2, 0.25) is 11.8 Å². The van der Waals surface area contributed by atoms with Crippen LogP contribution in [0, 0.1) is 11.3 Å². The highest BCUT2D eigenvalue weighted by molar-refractivity contribution is 5.78. The van der Waals surface area contributed by atoms with Crippen LogP contribution in [0.25, 0.3) is 0 Å². The van der Waals surface area contributed by atoms with Crippen molar-refractivity contribution in [1.29, 1.82) is 5.26 Å². The molecule has 4 rings (SSSR count). The van der Waals surface area contributed by atoms with E-state index in [0.29, 0.717) is 31.0 Å². The second-order valence-corrected chi connectivity index (χ2v) is 8.56. The lowest BCUT2D eigenvalue weighted by atomic mass is 10.0. The zero-order chi connectivity index (χ0) is 24.1. The van der Waals surface area contributed by atoms with Crippen LogP contribution in [0.15, 0.2) is 60.2 Å². The van der Waals surface area contributed by atoms with Crippen LogP contribution in [-0.4, -0.2) is 67.6 Å². The number of hydrogen-bond acceptors (Lipinski definition) is 8. The van der Waals surface area contributed by atoms with Crippen molar-refractivity contribution in [1.82, 2.24) is 14.8 Å². The van der Waals surface area contributed by atoms with E-state index < -0.39 is 0 Å². The number of aromatic nitrogens is 1. The van der Waals surface area contributed by atoms with E-state index in [1.165, 1.54) is 7.11 Å². The van der Waals surface area contributed by atoms with Crippen molar-refractivity contribution in [2.24, 2.45) is 0 Å². The predicted molar refractivity (Wildman–Crippen MR) is 126 cm³/mol. The first-order chi connectivity index (χ1) is 16.5. The molecule has 1 aliphatic carbocycles. The molecule has 9 heteroatoms. The van der Waals surface area contributed by atoms with E-state index in [1.54, 1.807) is 24.7 Å². The summed E-state index contributed by atoms with van der Waals surface area (Å²) in [6.45, 7) is 1.68. The Labute approximate surface area is 199 Å². The summed E-state index contributed by atoms with van der Waals surface area (Å²) in [6.07, 6.45) is 13.4. The van der Waals surface area contributed by atoms with E-state index >= 15 is 0 Å². The van der Waals surface area contributed by atoms with Crippen LogP contribution in [0.5, 0.6) is 5.88 Å². The van der Waals surface area contributed by atoms with Gasteiger partial charge in [-0.2, -0.15) is 5.26 Å². The highest BCUT2D eigenvalue weighted by atomic mass is 16.5. The lowest BCUT2D eigenvalue weighted by Gasteiger charge is -2.26. The molecule has 0 N–H and O–H groups in total. The van der Waals surface area contributed by atoms with Crippen LogP contribution in [0.4, 0.5) is 5.69 Å². The van der Waals surface area contributed by atoms with E-state index in [-0.39, 0.29) is 17.9 Å². The zero-order valence-corrected chi connectivity index (χ0v) is 19.7. The van der Waals surface area contributed by atoms with Gasteiger partial charge in [-0.15, -0.1) is 0 Å². The van der Waals surface area contributed by atoms with Gasteiger partial charge in [0.15, 0.2) is 0 Å². The number of amides is 1. The van der Waals surface area contributed by atoms with Gasteiger partial charge >= 0.3 is 0 Å². The van der Waals surface area contributed by atoms with Gasteiger partial charge in [0, 0.05) is 24.7 Å². The molecular weight excluding hydrogens is 434 g/mol. The van der Waals surface area contributed by atoms with Gasteiger partial charge in [-0.1, -0.05) is 6.08 Å². The predicted octanol–water partition coefficient (Wildman–Crippen LogP) is 2.89. The molecule has 0 aromatic carbocycles. The molecule has 178 valence electrons. The largest absolute Gasteiger partial charge is 0.488 e. The first-order valence-corrected chi connectivity index (χ1v) is 11.3. The number of carbonyl (C=O) groups excluding carboxylic acids is 1. The van der Waals surface area contributed by atoms with Crippen molar-refractivity contribution in [3.05, 3.63) is 65.7 Å². The Morgan fingerprint density at radius 1 is 1.41 bits per heavy atom. The molecule has 0 bridgehead atoms. The molecule has 3 aliphatic rings. The number of ether oxygens (including phenoxy) is 3. The summed E-state index contributed by atoms with van der Waals surface area (Å²) < 4.78 is 17.4. The molecule has 0 spiro atoms. The monoisotopic (exact) mass is 463 g/mol. The Morgan fingerprint density at radius 2 is 2.26 bits per heavy atom. The van der Waals surface area contributed by atoms with Crippen molar-refractivity contribution in [3.63, 3.8) is 0 Å². The minimum atomic E-state index is -0.0568. The number of likely N-dealkylation sites (tertiary alicyclic amines) is 1. The van der Waals surface area contributed by atoms with Gasteiger partial charge in [0.1, 0.15) is 35.5 Å². The minimum Gasteiger partial charge on any atom is -0.488 e. The Morgan fingerprint density at radius 3 is 3.03 bits per heavy atom. The summed E-state index contributed by atoms with van der Waals surface area (Å²) in [7, 11) is 5.27. The van der Waals surface area contributed by atoms with Gasteiger partial charge in [-0.05, 0) is 39.1 Å². The maximum Gasteiger partial charge on any atom is 0.236 e. The fourth-order valence-corrected chi connectivity index (χ4v) is 4.10. The summed E-state index contributed by atoms with van der Waals surface area (Å²) in [5.41, 5.74) is 2.04. The second-order valence-electron chi connectivity index (χ2n) is 8.56. The maximum atomic E-state index is 12.4. The second kappa shape index (κ2) is 10.4. The third-order valence-corrected chi connectivity index (χ3v) is 5.79. The lowest BCUT2D eigenvalue weighted by Crippen LogP contribution is -2.37. The van der Waals surface area contributed by atoms with Crippen LogP contribution >= 0.6 is 0 Å². The van der Waals surface area contributed by atoms with Crippen molar-refractivity contribution >= 4 is 11.6 Å². The first-order valence-electron chi connectivity index (χ1n) is 11.3. The number of rotatable bonds is 7. The van der Waals surface area contributed by atoms with Crippen molar-refractivity contribution in [3.8, 4) is 11.9 Å². The topological polar surface area (TPSA) is 91.2 Å². The number of anilines is 1. The van der Waals surface area contributed by atoms with Crippen molar-refractivity contribution in [2.45, 2.75) is 25.4 Å². The summed E-state index contributed by atoms with van der Waals surface area (Å²) in [5, 5.41) is 9.39. The average Bonchev–Trinajstić information content (AvgIpc) is 3.32. The summed E-state index contributed by atoms with van der Waals surface area (Å²) in [5.74, 6) is 1.85. The van der Waals surface area contributed by atoms with Crippen LogP contribution in [-0.2, 0) is 14.3 Å². The highest BCUT2D eigenvalue weighted by Gasteiger charge is 2.29. The quantitative estimate of drug-likeness (QED) is 0.610. The molecule has 1 saturated heterocycles. The highest BCUT2D eigenvalue weighted by Crippen LogP contribution is 2.33. The van der Waals surface area contributed by atoms with Gasteiger partial charge in [-0.3, -0.25) is 4.79 Å². The molecule has 1 aromatic rings. The molecule has 1 atom stereocenters.